The van der Waals surface area contributed by atoms with Gasteiger partial charge in [-0.15, -0.1) is 0 Å². The molecule has 2 unspecified atom stereocenters. The molecule has 1 aliphatic rings. The van der Waals surface area contributed by atoms with E-state index in [0.717, 1.165) is 11.9 Å². The van der Waals surface area contributed by atoms with Crippen molar-refractivity contribution >= 4 is 25.9 Å². The number of aryl methyl sites for hydroxylation is 1. The molecule has 0 saturated carbocycles. The van der Waals surface area contributed by atoms with Gasteiger partial charge in [-0.3, -0.25) is 10.1 Å². The molecule has 0 aromatic carbocycles. The van der Waals surface area contributed by atoms with Crippen LogP contribution in [0, 0.1) is 24.4 Å². The van der Waals surface area contributed by atoms with Crippen LogP contribution in [-0.2, 0) is 13.9 Å². The van der Waals surface area contributed by atoms with Gasteiger partial charge >= 0.3 is 0 Å². The molecule has 42 heavy (non-hydrogen) atoms. The number of nitrogens with zero attached hydrogens (tertiary/aromatic N) is 5. The topological polar surface area (TPSA) is 120 Å². The molecule has 15 heteroatoms. The summed E-state index contributed by atoms with van der Waals surface area (Å²) in [5.74, 6) is -2.83. The molecule has 1 fully saturated rings. The number of hydrogen-bond acceptors (Lipinski definition) is 10. The van der Waals surface area contributed by atoms with Gasteiger partial charge in [-0.2, -0.15) is 19.5 Å². The van der Waals surface area contributed by atoms with E-state index in [4.69, 9.17) is 18.6 Å². The molecule has 2 atom stereocenters. The van der Waals surface area contributed by atoms with E-state index in [0.29, 0.717) is 38.2 Å². The minimum absolute atomic E-state index is 0.00726. The van der Waals surface area contributed by atoms with Crippen LogP contribution in [0.3, 0.4) is 0 Å². The van der Waals surface area contributed by atoms with E-state index in [2.05, 4.69) is 64.3 Å². The molecule has 0 aliphatic carbocycles. The van der Waals surface area contributed by atoms with E-state index in [-0.39, 0.29) is 35.1 Å². The SMILES string of the molecule is COCC(Oc1nc(Nc2cc(C)[nH]n2)nc(N2CCOCC2CO[Si](C)(C)C(C)(C)C)c1F)c1ncc(F)cc1F. The van der Waals surface area contributed by atoms with Crippen molar-refractivity contribution in [1.82, 2.24) is 25.1 Å². The van der Waals surface area contributed by atoms with Crippen molar-refractivity contribution in [2.75, 3.05) is 50.3 Å². The zero-order chi connectivity index (χ0) is 30.7. The Hall–Kier alpha value is -3.27. The van der Waals surface area contributed by atoms with Crippen LogP contribution >= 0.6 is 0 Å². The Morgan fingerprint density at radius 3 is 2.62 bits per heavy atom. The van der Waals surface area contributed by atoms with Crippen LogP contribution in [0.2, 0.25) is 18.1 Å². The van der Waals surface area contributed by atoms with Crippen molar-refractivity contribution in [3.63, 3.8) is 0 Å². The Morgan fingerprint density at radius 2 is 1.98 bits per heavy atom. The van der Waals surface area contributed by atoms with E-state index in [1.165, 1.54) is 7.11 Å². The standard InChI is InChI=1S/C27H38F3N7O4Si/c1-16-10-21(36-35-16)32-26-33-24(37-8-9-39-13-18(37)14-40-42(6,7)27(2,3)4)22(30)25(34-26)41-20(15-38-5)23-19(29)11-17(28)12-31-23/h10-12,18,20H,8-9,13-15H2,1-7H3,(H2,32,33,34,35,36). The summed E-state index contributed by atoms with van der Waals surface area (Å²) >= 11 is 0. The predicted molar refractivity (Wildman–Crippen MR) is 153 cm³/mol. The zero-order valence-electron chi connectivity index (χ0n) is 24.9. The first-order valence-corrected chi connectivity index (χ1v) is 16.5. The Morgan fingerprint density at radius 1 is 1.21 bits per heavy atom. The van der Waals surface area contributed by atoms with Crippen molar-refractivity contribution < 1.29 is 31.8 Å². The zero-order valence-corrected chi connectivity index (χ0v) is 25.9. The number of rotatable bonds is 11. The normalized spacial score (nSPS) is 16.9. The summed E-state index contributed by atoms with van der Waals surface area (Å²) < 4.78 is 67.7. The highest BCUT2D eigenvalue weighted by atomic mass is 28.4. The average molecular weight is 610 g/mol. The highest BCUT2D eigenvalue weighted by molar-refractivity contribution is 6.74. The Balaban J connectivity index is 1.72. The number of methoxy groups -OCH3 is 1. The van der Waals surface area contributed by atoms with Crippen molar-refractivity contribution in [2.24, 2.45) is 0 Å². The average Bonchev–Trinajstić information content (AvgIpc) is 3.33. The molecule has 3 aromatic heterocycles. The quantitative estimate of drug-likeness (QED) is 0.286. The van der Waals surface area contributed by atoms with E-state index in [1.54, 1.807) is 11.0 Å². The lowest BCUT2D eigenvalue weighted by atomic mass is 10.2. The molecule has 2 N–H and O–H groups in total. The third kappa shape index (κ3) is 7.38. The van der Waals surface area contributed by atoms with Gasteiger partial charge in [0, 0.05) is 31.5 Å². The maximum Gasteiger partial charge on any atom is 0.258 e. The number of anilines is 3. The van der Waals surface area contributed by atoms with E-state index in [9.17, 15) is 8.78 Å². The molecule has 0 spiro atoms. The Labute approximate surface area is 244 Å². The van der Waals surface area contributed by atoms with Gasteiger partial charge in [0.2, 0.25) is 11.8 Å². The lowest BCUT2D eigenvalue weighted by Gasteiger charge is -2.41. The second-order valence-electron chi connectivity index (χ2n) is 11.6. The van der Waals surface area contributed by atoms with Crippen molar-refractivity contribution in [3.8, 4) is 5.88 Å². The summed E-state index contributed by atoms with van der Waals surface area (Å²) in [5.41, 5.74) is 0.521. The molecule has 3 aromatic rings. The molecule has 230 valence electrons. The Bertz CT molecular complexity index is 1370. The highest BCUT2D eigenvalue weighted by Crippen LogP contribution is 2.37. The number of pyridine rings is 1. The van der Waals surface area contributed by atoms with Gasteiger partial charge in [-0.05, 0) is 25.1 Å². The molecular weight excluding hydrogens is 571 g/mol. The van der Waals surface area contributed by atoms with Gasteiger partial charge in [-0.25, -0.2) is 8.78 Å². The summed E-state index contributed by atoms with van der Waals surface area (Å²) in [6.45, 7) is 13.6. The molecule has 0 radical (unpaired) electrons. The van der Waals surface area contributed by atoms with Crippen LogP contribution in [0.1, 0.15) is 38.3 Å². The van der Waals surface area contributed by atoms with E-state index < -0.39 is 37.8 Å². The van der Waals surface area contributed by atoms with Crippen molar-refractivity contribution in [2.45, 2.75) is 58.0 Å². The van der Waals surface area contributed by atoms with Crippen LogP contribution in [0.5, 0.6) is 5.88 Å². The van der Waals surface area contributed by atoms with Gasteiger partial charge in [0.05, 0.1) is 38.7 Å². The van der Waals surface area contributed by atoms with E-state index >= 15 is 4.39 Å². The fourth-order valence-electron chi connectivity index (χ4n) is 4.05. The Kier molecular flexibility index (Phi) is 9.75. The molecule has 1 saturated heterocycles. The number of H-pyrrole nitrogens is 1. The maximum absolute atomic E-state index is 16.3. The predicted octanol–water partition coefficient (Wildman–Crippen LogP) is 5.06. The van der Waals surface area contributed by atoms with Crippen LogP contribution in [0.25, 0.3) is 0 Å². The van der Waals surface area contributed by atoms with Crippen LogP contribution in [-0.4, -0.2) is 79.6 Å². The number of aromatic nitrogens is 5. The largest absolute Gasteiger partial charge is 0.463 e. The monoisotopic (exact) mass is 609 g/mol. The second kappa shape index (κ2) is 12.9. The smallest absolute Gasteiger partial charge is 0.258 e. The van der Waals surface area contributed by atoms with Gasteiger partial charge < -0.3 is 28.9 Å². The number of halogens is 3. The number of nitrogens with one attached hydrogen (secondary N) is 2. The minimum Gasteiger partial charge on any atom is -0.463 e. The lowest BCUT2D eigenvalue weighted by Crippen LogP contribution is -2.52. The number of aromatic amines is 1. The summed E-state index contributed by atoms with van der Waals surface area (Å²) in [6.07, 6.45) is -0.393. The van der Waals surface area contributed by atoms with Gasteiger partial charge in [0.1, 0.15) is 11.5 Å². The first-order valence-electron chi connectivity index (χ1n) is 13.6. The van der Waals surface area contributed by atoms with Gasteiger partial charge in [0.15, 0.2) is 31.9 Å². The van der Waals surface area contributed by atoms with Crippen LogP contribution in [0.15, 0.2) is 18.3 Å². The van der Waals surface area contributed by atoms with Crippen LogP contribution in [0.4, 0.5) is 30.8 Å². The van der Waals surface area contributed by atoms with Crippen molar-refractivity contribution in [1.29, 1.82) is 0 Å². The summed E-state index contributed by atoms with van der Waals surface area (Å²) in [4.78, 5) is 14.3. The second-order valence-corrected chi connectivity index (χ2v) is 16.4. The van der Waals surface area contributed by atoms with E-state index in [1.807, 2.05) is 6.92 Å². The molecule has 11 nitrogen and oxygen atoms in total. The maximum atomic E-state index is 16.3. The third-order valence-corrected chi connectivity index (χ3v) is 11.9. The molecule has 0 amide bonds. The van der Waals surface area contributed by atoms with Crippen molar-refractivity contribution in [3.05, 3.63) is 47.2 Å². The first-order chi connectivity index (χ1) is 19.8. The lowest BCUT2D eigenvalue weighted by molar-refractivity contribution is 0.0678. The fourth-order valence-corrected chi connectivity index (χ4v) is 5.09. The summed E-state index contributed by atoms with van der Waals surface area (Å²) in [6, 6.07) is 2.05. The molecule has 4 heterocycles. The highest BCUT2D eigenvalue weighted by Gasteiger charge is 2.39. The van der Waals surface area contributed by atoms with Gasteiger partial charge in [-0.1, -0.05) is 20.8 Å². The number of hydrogen-bond donors (Lipinski definition) is 2. The molecule has 4 rings (SSSR count). The number of morpholine rings is 1. The number of ether oxygens (including phenoxy) is 3. The summed E-state index contributed by atoms with van der Waals surface area (Å²) in [7, 11) is -0.754. The molecule has 0 bridgehead atoms. The molecule has 1 aliphatic heterocycles. The molecular formula is C27H38F3N7O4Si. The minimum atomic E-state index is -2.12. The van der Waals surface area contributed by atoms with Crippen LogP contribution < -0.4 is 15.0 Å². The van der Waals surface area contributed by atoms with Gasteiger partial charge in [0.25, 0.3) is 5.88 Å². The fraction of sp³-hybridized carbons (Fsp3) is 0.556. The third-order valence-electron chi connectivity index (χ3n) is 7.40. The first kappa shape index (κ1) is 31.7. The summed E-state index contributed by atoms with van der Waals surface area (Å²) in [5, 5.41) is 9.90.